The molecule has 0 spiro atoms. The number of nitrogens with zero attached hydrogens (tertiary/aromatic N) is 4. The molecule has 1 amide bonds. The molecule has 0 unspecified atom stereocenters. The number of sulfonamides is 1. The zero-order chi connectivity index (χ0) is 21.0. The summed E-state index contributed by atoms with van der Waals surface area (Å²) < 4.78 is 41.9. The number of imidazole rings is 1. The Kier molecular flexibility index (Phi) is 6.69. The molecule has 2 aromatic rings. The molecule has 0 bridgehead atoms. The van der Waals surface area contributed by atoms with Crippen molar-refractivity contribution >= 4 is 15.9 Å². The van der Waals surface area contributed by atoms with Crippen LogP contribution in [-0.4, -0.2) is 65.0 Å². The number of aromatic nitrogens is 2. The number of rotatable bonds is 7. The molecular weight excluding hydrogens is 395 g/mol. The normalized spacial score (nSPS) is 15.8. The summed E-state index contributed by atoms with van der Waals surface area (Å²) in [6.07, 6.45) is 5.91. The van der Waals surface area contributed by atoms with Gasteiger partial charge in [-0.15, -0.1) is 0 Å². The lowest BCUT2D eigenvalue weighted by Crippen LogP contribution is -2.49. The second kappa shape index (κ2) is 9.04. The van der Waals surface area contributed by atoms with Gasteiger partial charge in [-0.05, 0) is 31.4 Å². The molecule has 0 saturated carbocycles. The summed E-state index contributed by atoms with van der Waals surface area (Å²) in [5, 5.41) is 0. The highest BCUT2D eigenvalue weighted by Crippen LogP contribution is 2.20. The van der Waals surface area contributed by atoms with Gasteiger partial charge in [0.2, 0.25) is 15.9 Å². The molecule has 9 heteroatoms. The number of amides is 1. The van der Waals surface area contributed by atoms with Crippen molar-refractivity contribution in [2.75, 3.05) is 25.9 Å². The van der Waals surface area contributed by atoms with E-state index in [-0.39, 0.29) is 24.2 Å². The number of halogens is 1. The molecule has 1 aliphatic heterocycles. The minimum atomic E-state index is -3.38. The van der Waals surface area contributed by atoms with Crippen molar-refractivity contribution < 1.29 is 17.6 Å². The monoisotopic (exact) mass is 422 g/mol. The molecule has 158 valence electrons. The van der Waals surface area contributed by atoms with E-state index < -0.39 is 10.0 Å². The highest BCUT2D eigenvalue weighted by Gasteiger charge is 2.31. The first-order valence-electron chi connectivity index (χ1n) is 9.71. The van der Waals surface area contributed by atoms with Crippen molar-refractivity contribution in [1.82, 2.24) is 18.8 Å². The Morgan fingerprint density at radius 2 is 1.97 bits per heavy atom. The van der Waals surface area contributed by atoms with Crippen LogP contribution in [0.2, 0.25) is 0 Å². The van der Waals surface area contributed by atoms with E-state index in [2.05, 4.69) is 4.98 Å². The molecule has 2 heterocycles. The van der Waals surface area contributed by atoms with Crippen LogP contribution in [0.5, 0.6) is 0 Å². The van der Waals surface area contributed by atoms with Gasteiger partial charge in [0.1, 0.15) is 11.6 Å². The van der Waals surface area contributed by atoms with Gasteiger partial charge in [0.05, 0.1) is 12.7 Å². The van der Waals surface area contributed by atoms with Gasteiger partial charge in [0.25, 0.3) is 0 Å². The minimum absolute atomic E-state index is 0.0209. The third-order valence-electron chi connectivity index (χ3n) is 5.43. The predicted octanol–water partition coefficient (Wildman–Crippen LogP) is 1.83. The van der Waals surface area contributed by atoms with Crippen LogP contribution in [-0.2, 0) is 27.8 Å². The van der Waals surface area contributed by atoms with Gasteiger partial charge in [-0.3, -0.25) is 4.79 Å². The summed E-state index contributed by atoms with van der Waals surface area (Å²) in [6.45, 7) is 3.71. The van der Waals surface area contributed by atoms with E-state index in [0.29, 0.717) is 44.6 Å². The Bertz CT molecular complexity index is 952. The van der Waals surface area contributed by atoms with Crippen LogP contribution in [0, 0.1) is 12.7 Å². The summed E-state index contributed by atoms with van der Waals surface area (Å²) in [7, 11) is -3.38. The van der Waals surface area contributed by atoms with Crippen LogP contribution < -0.4 is 0 Å². The van der Waals surface area contributed by atoms with Crippen molar-refractivity contribution in [3.63, 3.8) is 0 Å². The molecule has 1 fully saturated rings. The van der Waals surface area contributed by atoms with Gasteiger partial charge in [-0.2, -0.15) is 4.31 Å². The number of likely N-dealkylation sites (tertiary alicyclic amines) is 1. The second-order valence-electron chi connectivity index (χ2n) is 7.42. The quantitative estimate of drug-likeness (QED) is 0.682. The molecule has 7 nitrogen and oxygen atoms in total. The second-order valence-corrected chi connectivity index (χ2v) is 9.36. The molecule has 29 heavy (non-hydrogen) atoms. The Morgan fingerprint density at radius 3 is 2.55 bits per heavy atom. The number of benzene rings is 1. The van der Waals surface area contributed by atoms with Crippen LogP contribution in [0.25, 0.3) is 0 Å². The van der Waals surface area contributed by atoms with E-state index in [4.69, 9.17) is 0 Å². The largest absolute Gasteiger partial charge is 0.342 e. The number of carbonyl (C=O) groups excluding carboxylic acids is 1. The van der Waals surface area contributed by atoms with Crippen molar-refractivity contribution in [2.45, 2.75) is 38.8 Å². The maximum Gasteiger partial charge on any atom is 0.227 e. The zero-order valence-electron chi connectivity index (χ0n) is 16.8. The van der Waals surface area contributed by atoms with Gasteiger partial charge in [-0.25, -0.2) is 17.8 Å². The summed E-state index contributed by atoms with van der Waals surface area (Å²) in [5.74, 6) is 0.328. The highest BCUT2D eigenvalue weighted by atomic mass is 32.2. The van der Waals surface area contributed by atoms with Gasteiger partial charge in [-0.1, -0.05) is 18.2 Å². The average molecular weight is 423 g/mol. The molecular formula is C20H27FN4O3S. The number of hydrogen-bond acceptors (Lipinski definition) is 4. The lowest BCUT2D eigenvalue weighted by Gasteiger charge is -2.37. The lowest BCUT2D eigenvalue weighted by molar-refractivity contribution is -0.131. The number of carbonyl (C=O) groups is 1. The van der Waals surface area contributed by atoms with Crippen molar-refractivity contribution in [2.24, 2.45) is 0 Å². The van der Waals surface area contributed by atoms with E-state index in [1.807, 2.05) is 17.7 Å². The van der Waals surface area contributed by atoms with Crippen LogP contribution in [0.4, 0.5) is 4.39 Å². The molecule has 1 aromatic heterocycles. The maximum atomic E-state index is 13.8. The molecule has 1 saturated heterocycles. The molecule has 1 aliphatic rings. The zero-order valence-corrected chi connectivity index (χ0v) is 17.6. The van der Waals surface area contributed by atoms with Crippen molar-refractivity contribution in [1.29, 1.82) is 0 Å². The standard InChI is InChI=1S/C20H27FN4O3S/c1-16-22-9-12-23(16)13-14-25(29(2,27)28)18-7-10-24(11-8-18)20(26)15-17-5-3-4-6-19(17)21/h3-6,9,12,18H,7-8,10-11,13-15H2,1-2H3. The number of aryl methyl sites for hydroxylation is 1. The Hall–Kier alpha value is -2.26. The Balaban J connectivity index is 1.58. The smallest absolute Gasteiger partial charge is 0.227 e. The minimum Gasteiger partial charge on any atom is -0.342 e. The van der Waals surface area contributed by atoms with E-state index in [9.17, 15) is 17.6 Å². The third-order valence-corrected chi connectivity index (χ3v) is 6.77. The lowest BCUT2D eigenvalue weighted by atomic mass is 10.0. The van der Waals surface area contributed by atoms with E-state index in [0.717, 1.165) is 5.82 Å². The summed E-state index contributed by atoms with van der Waals surface area (Å²) >= 11 is 0. The molecule has 0 radical (unpaired) electrons. The Labute approximate surface area is 171 Å². The average Bonchev–Trinajstić information content (AvgIpc) is 3.08. The van der Waals surface area contributed by atoms with E-state index in [1.54, 1.807) is 29.3 Å². The van der Waals surface area contributed by atoms with Crippen molar-refractivity contribution in [3.05, 3.63) is 53.9 Å². The highest BCUT2D eigenvalue weighted by molar-refractivity contribution is 7.88. The first-order valence-corrected chi connectivity index (χ1v) is 11.6. The Morgan fingerprint density at radius 1 is 1.28 bits per heavy atom. The maximum absolute atomic E-state index is 13.8. The number of piperidine rings is 1. The van der Waals surface area contributed by atoms with Gasteiger partial charge in [0.15, 0.2) is 0 Å². The SMILES string of the molecule is Cc1nccn1CCN(C1CCN(C(=O)Cc2ccccc2F)CC1)S(C)(=O)=O. The third kappa shape index (κ3) is 5.42. The van der Waals surface area contributed by atoms with Gasteiger partial charge >= 0.3 is 0 Å². The van der Waals surface area contributed by atoms with Gasteiger partial charge in [0, 0.05) is 44.6 Å². The van der Waals surface area contributed by atoms with Crippen LogP contribution >= 0.6 is 0 Å². The predicted molar refractivity (Wildman–Crippen MR) is 108 cm³/mol. The fourth-order valence-corrected chi connectivity index (χ4v) is 4.95. The van der Waals surface area contributed by atoms with Gasteiger partial charge < -0.3 is 9.47 Å². The first kappa shape index (κ1) is 21.4. The summed E-state index contributed by atoms with van der Waals surface area (Å²) in [4.78, 5) is 18.4. The van der Waals surface area contributed by atoms with E-state index in [1.165, 1.54) is 16.6 Å². The fourth-order valence-electron chi connectivity index (χ4n) is 3.79. The molecule has 0 atom stereocenters. The molecule has 3 rings (SSSR count). The van der Waals surface area contributed by atoms with Crippen LogP contribution in [0.1, 0.15) is 24.2 Å². The summed E-state index contributed by atoms with van der Waals surface area (Å²) in [6, 6.07) is 6.12. The molecule has 0 aliphatic carbocycles. The topological polar surface area (TPSA) is 75.5 Å². The first-order chi connectivity index (χ1) is 13.8. The van der Waals surface area contributed by atoms with Crippen LogP contribution in [0.3, 0.4) is 0 Å². The van der Waals surface area contributed by atoms with Crippen LogP contribution in [0.15, 0.2) is 36.7 Å². The molecule has 1 aromatic carbocycles. The number of hydrogen-bond donors (Lipinski definition) is 0. The van der Waals surface area contributed by atoms with Crippen molar-refractivity contribution in [3.8, 4) is 0 Å². The molecule has 0 N–H and O–H groups in total. The fraction of sp³-hybridized carbons (Fsp3) is 0.500. The summed E-state index contributed by atoms with van der Waals surface area (Å²) in [5.41, 5.74) is 0.382. The van der Waals surface area contributed by atoms with E-state index >= 15 is 0 Å².